The van der Waals surface area contributed by atoms with Crippen LogP contribution in [0, 0.1) is 13.8 Å². The second-order valence-electron chi connectivity index (χ2n) is 4.26. The van der Waals surface area contributed by atoms with Crippen molar-refractivity contribution in [3.8, 4) is 11.5 Å². The van der Waals surface area contributed by atoms with E-state index in [1.54, 1.807) is 0 Å². The summed E-state index contributed by atoms with van der Waals surface area (Å²) in [5.74, 6) is 2.09. The van der Waals surface area contributed by atoms with E-state index in [1.165, 1.54) is 5.56 Å². The lowest BCUT2D eigenvalue weighted by molar-refractivity contribution is 0.477. The third kappa shape index (κ3) is 3.06. The van der Waals surface area contributed by atoms with Crippen molar-refractivity contribution < 1.29 is 4.74 Å². The Morgan fingerprint density at radius 3 is 2.56 bits per heavy atom. The Labute approximate surface area is 121 Å². The smallest absolute Gasteiger partial charge is 0.131 e. The third-order valence-corrected chi connectivity index (χ3v) is 3.89. The zero-order valence-electron chi connectivity index (χ0n) is 10.3. The lowest BCUT2D eigenvalue weighted by Gasteiger charge is -2.11. The van der Waals surface area contributed by atoms with Crippen LogP contribution in [0.25, 0.3) is 0 Å². The van der Waals surface area contributed by atoms with Crippen molar-refractivity contribution in [1.29, 1.82) is 0 Å². The first-order valence-corrected chi connectivity index (χ1v) is 7.02. The van der Waals surface area contributed by atoms with Crippen molar-refractivity contribution in [2.75, 3.05) is 0 Å². The molecule has 2 aromatic rings. The van der Waals surface area contributed by atoms with Crippen LogP contribution in [0.15, 0.2) is 40.9 Å². The fraction of sp³-hybridized carbons (Fsp3) is 0.200. The van der Waals surface area contributed by atoms with E-state index in [0.29, 0.717) is 5.88 Å². The Balaban J connectivity index is 2.30. The van der Waals surface area contributed by atoms with Crippen LogP contribution in [0.5, 0.6) is 11.5 Å². The van der Waals surface area contributed by atoms with Gasteiger partial charge in [-0.15, -0.1) is 11.6 Å². The summed E-state index contributed by atoms with van der Waals surface area (Å²) in [7, 11) is 0. The number of halogens is 2. The van der Waals surface area contributed by atoms with E-state index in [4.69, 9.17) is 16.3 Å². The minimum absolute atomic E-state index is 0.451. The highest BCUT2D eigenvalue weighted by molar-refractivity contribution is 9.10. The molecule has 0 saturated heterocycles. The van der Waals surface area contributed by atoms with Gasteiger partial charge in [0.05, 0.1) is 5.88 Å². The number of ether oxygens (including phenoxy) is 1. The summed E-state index contributed by atoms with van der Waals surface area (Å²) in [6, 6.07) is 12.0. The Bertz CT molecular complexity index is 566. The molecule has 94 valence electrons. The summed E-state index contributed by atoms with van der Waals surface area (Å²) in [4.78, 5) is 0. The quantitative estimate of drug-likeness (QED) is 0.668. The van der Waals surface area contributed by atoms with Gasteiger partial charge in [-0.3, -0.25) is 0 Å². The van der Waals surface area contributed by atoms with Gasteiger partial charge >= 0.3 is 0 Å². The number of alkyl halides is 1. The molecule has 0 amide bonds. The van der Waals surface area contributed by atoms with Gasteiger partial charge in [-0.2, -0.15) is 0 Å². The van der Waals surface area contributed by atoms with Gasteiger partial charge in [0.25, 0.3) is 0 Å². The highest BCUT2D eigenvalue weighted by Crippen LogP contribution is 2.29. The number of hydrogen-bond donors (Lipinski definition) is 0. The van der Waals surface area contributed by atoms with Crippen molar-refractivity contribution in [3.05, 3.63) is 57.6 Å². The SMILES string of the molecule is Cc1ccc(Oc2ccc(Br)c(C)c2)c(CCl)c1. The fourth-order valence-electron chi connectivity index (χ4n) is 1.72. The fourth-order valence-corrected chi connectivity index (χ4v) is 2.18. The first kappa shape index (κ1) is 13.4. The predicted molar refractivity (Wildman–Crippen MR) is 79.7 cm³/mol. The first-order valence-electron chi connectivity index (χ1n) is 5.69. The van der Waals surface area contributed by atoms with Gasteiger partial charge in [0.2, 0.25) is 0 Å². The van der Waals surface area contributed by atoms with Crippen molar-refractivity contribution in [3.63, 3.8) is 0 Å². The van der Waals surface area contributed by atoms with Crippen molar-refractivity contribution in [2.45, 2.75) is 19.7 Å². The van der Waals surface area contributed by atoms with E-state index in [1.807, 2.05) is 50.2 Å². The largest absolute Gasteiger partial charge is 0.457 e. The van der Waals surface area contributed by atoms with Crippen molar-refractivity contribution in [1.82, 2.24) is 0 Å². The Morgan fingerprint density at radius 1 is 1.11 bits per heavy atom. The van der Waals surface area contributed by atoms with Gasteiger partial charge in [-0.25, -0.2) is 0 Å². The normalized spacial score (nSPS) is 10.4. The average molecular weight is 326 g/mol. The number of aryl methyl sites for hydroxylation is 2. The number of benzene rings is 2. The summed E-state index contributed by atoms with van der Waals surface area (Å²) in [6.07, 6.45) is 0. The molecule has 0 radical (unpaired) electrons. The number of hydrogen-bond acceptors (Lipinski definition) is 1. The Morgan fingerprint density at radius 2 is 1.89 bits per heavy atom. The highest BCUT2D eigenvalue weighted by Gasteiger charge is 2.05. The first-order chi connectivity index (χ1) is 8.60. The lowest BCUT2D eigenvalue weighted by atomic mass is 10.1. The molecule has 0 aliphatic carbocycles. The van der Waals surface area contributed by atoms with Gasteiger partial charge in [0, 0.05) is 10.0 Å². The lowest BCUT2D eigenvalue weighted by Crippen LogP contribution is -1.91. The molecule has 1 nitrogen and oxygen atoms in total. The van der Waals surface area contributed by atoms with Crippen LogP contribution in [0.1, 0.15) is 16.7 Å². The minimum Gasteiger partial charge on any atom is -0.457 e. The molecule has 0 saturated carbocycles. The molecule has 18 heavy (non-hydrogen) atoms. The third-order valence-electron chi connectivity index (χ3n) is 2.72. The van der Waals surface area contributed by atoms with Crippen LogP contribution in [-0.2, 0) is 5.88 Å². The summed E-state index contributed by atoms with van der Waals surface area (Å²) in [6.45, 7) is 4.08. The number of rotatable bonds is 3. The van der Waals surface area contributed by atoms with Gasteiger partial charge in [0.15, 0.2) is 0 Å². The molecule has 0 aromatic heterocycles. The van der Waals surface area contributed by atoms with E-state index < -0.39 is 0 Å². The van der Waals surface area contributed by atoms with Crippen LogP contribution >= 0.6 is 27.5 Å². The summed E-state index contributed by atoms with van der Waals surface area (Å²) < 4.78 is 6.97. The Hall–Kier alpha value is -0.990. The van der Waals surface area contributed by atoms with E-state index in [9.17, 15) is 0 Å². The summed E-state index contributed by atoms with van der Waals surface area (Å²) >= 11 is 9.42. The van der Waals surface area contributed by atoms with Crippen LogP contribution in [0.2, 0.25) is 0 Å². The predicted octanol–water partition coefficient (Wildman–Crippen LogP) is 5.60. The molecule has 0 aliphatic heterocycles. The van der Waals surface area contributed by atoms with Crippen LogP contribution < -0.4 is 4.74 Å². The molecule has 0 aliphatic rings. The topological polar surface area (TPSA) is 9.23 Å². The molecular weight excluding hydrogens is 312 g/mol. The van der Waals surface area contributed by atoms with Gasteiger partial charge in [-0.1, -0.05) is 33.6 Å². The van der Waals surface area contributed by atoms with E-state index in [2.05, 4.69) is 15.9 Å². The van der Waals surface area contributed by atoms with Crippen LogP contribution in [0.3, 0.4) is 0 Å². The molecule has 3 heteroatoms. The summed E-state index contributed by atoms with van der Waals surface area (Å²) in [5, 5.41) is 0. The zero-order chi connectivity index (χ0) is 13.1. The minimum atomic E-state index is 0.451. The molecular formula is C15H14BrClO. The summed E-state index contributed by atoms with van der Waals surface area (Å²) in [5.41, 5.74) is 3.34. The maximum absolute atomic E-state index is 5.94. The molecule has 2 rings (SSSR count). The average Bonchev–Trinajstić information content (AvgIpc) is 2.36. The molecule has 0 bridgehead atoms. The second kappa shape index (κ2) is 5.77. The van der Waals surface area contributed by atoms with Crippen LogP contribution in [0.4, 0.5) is 0 Å². The monoisotopic (exact) mass is 324 g/mol. The van der Waals surface area contributed by atoms with Crippen LogP contribution in [-0.4, -0.2) is 0 Å². The zero-order valence-corrected chi connectivity index (χ0v) is 12.7. The highest BCUT2D eigenvalue weighted by atomic mass is 79.9. The van der Waals surface area contributed by atoms with E-state index in [0.717, 1.165) is 27.1 Å². The second-order valence-corrected chi connectivity index (χ2v) is 5.38. The molecule has 0 spiro atoms. The molecule has 0 atom stereocenters. The molecule has 2 aromatic carbocycles. The Kier molecular flexibility index (Phi) is 4.31. The van der Waals surface area contributed by atoms with Crippen molar-refractivity contribution >= 4 is 27.5 Å². The van der Waals surface area contributed by atoms with Gasteiger partial charge < -0.3 is 4.74 Å². The van der Waals surface area contributed by atoms with E-state index in [-0.39, 0.29) is 0 Å². The molecule has 0 unspecified atom stereocenters. The maximum Gasteiger partial charge on any atom is 0.131 e. The van der Waals surface area contributed by atoms with E-state index >= 15 is 0 Å². The maximum atomic E-state index is 5.94. The molecule has 0 heterocycles. The molecule has 0 N–H and O–H groups in total. The molecule has 0 fully saturated rings. The standard InChI is InChI=1S/C15H14BrClO/c1-10-3-6-15(12(7-10)9-17)18-13-4-5-14(16)11(2)8-13/h3-8H,9H2,1-2H3. The van der Waals surface area contributed by atoms with Gasteiger partial charge in [0.1, 0.15) is 11.5 Å². The van der Waals surface area contributed by atoms with Crippen molar-refractivity contribution in [2.24, 2.45) is 0 Å². The van der Waals surface area contributed by atoms with Gasteiger partial charge in [-0.05, 0) is 43.7 Å².